The molecule has 7 nitrogen and oxygen atoms in total. The Bertz CT molecular complexity index is 857. The van der Waals surface area contributed by atoms with Gasteiger partial charge in [-0.05, 0) is 12.1 Å². The third-order valence-corrected chi connectivity index (χ3v) is 3.45. The van der Waals surface area contributed by atoms with Crippen LogP contribution >= 0.6 is 0 Å². The highest BCUT2D eigenvalue weighted by atomic mass is 32.2. The quantitative estimate of drug-likeness (QED) is 0.832. The number of alkyl halides is 3. The standard InChI is InChI=1S/C14H14F3N3O4S/c1-23-12-5-9(20-25(2,21)22)3-4-10(12)11-6-18-8-19-13(11)24-7-14(15,16)17/h3-6,8,20H,7H2,1-2H3. The lowest BCUT2D eigenvalue weighted by molar-refractivity contribution is -0.154. The molecule has 0 fully saturated rings. The Labute approximate surface area is 141 Å². The summed E-state index contributed by atoms with van der Waals surface area (Å²) in [6.07, 6.45) is -1.20. The van der Waals surface area contributed by atoms with E-state index >= 15 is 0 Å². The summed E-state index contributed by atoms with van der Waals surface area (Å²) in [7, 11) is -2.16. The average molecular weight is 377 g/mol. The van der Waals surface area contributed by atoms with Gasteiger partial charge in [0, 0.05) is 17.8 Å². The molecule has 25 heavy (non-hydrogen) atoms. The van der Waals surface area contributed by atoms with E-state index in [-0.39, 0.29) is 22.9 Å². The summed E-state index contributed by atoms with van der Waals surface area (Å²) in [4.78, 5) is 7.50. The first-order valence-electron chi connectivity index (χ1n) is 6.75. The molecule has 0 unspecified atom stereocenters. The van der Waals surface area contributed by atoms with E-state index in [2.05, 4.69) is 14.7 Å². The number of nitrogens with one attached hydrogen (secondary N) is 1. The predicted molar refractivity (Wildman–Crippen MR) is 84.0 cm³/mol. The number of benzene rings is 1. The molecule has 0 saturated heterocycles. The minimum absolute atomic E-state index is 0.175. The molecule has 2 rings (SSSR count). The monoisotopic (exact) mass is 377 g/mol. The van der Waals surface area contributed by atoms with E-state index in [0.29, 0.717) is 5.56 Å². The molecule has 2 aromatic rings. The van der Waals surface area contributed by atoms with Crippen molar-refractivity contribution in [3.8, 4) is 22.8 Å². The van der Waals surface area contributed by atoms with Gasteiger partial charge >= 0.3 is 6.18 Å². The van der Waals surface area contributed by atoms with Crippen molar-refractivity contribution in [3.63, 3.8) is 0 Å². The van der Waals surface area contributed by atoms with Crippen LogP contribution in [0.3, 0.4) is 0 Å². The number of hydrogen-bond donors (Lipinski definition) is 1. The van der Waals surface area contributed by atoms with Crippen LogP contribution in [0.2, 0.25) is 0 Å². The molecule has 0 saturated carbocycles. The molecular formula is C14H14F3N3O4S. The van der Waals surface area contributed by atoms with Crippen molar-refractivity contribution >= 4 is 15.7 Å². The molecule has 0 spiro atoms. The topological polar surface area (TPSA) is 90.4 Å². The zero-order chi connectivity index (χ0) is 18.7. The van der Waals surface area contributed by atoms with Crippen molar-refractivity contribution < 1.29 is 31.1 Å². The molecule has 136 valence electrons. The smallest absolute Gasteiger partial charge is 0.422 e. The fourth-order valence-electron chi connectivity index (χ4n) is 1.96. The van der Waals surface area contributed by atoms with E-state index < -0.39 is 22.8 Å². The zero-order valence-electron chi connectivity index (χ0n) is 13.2. The maximum Gasteiger partial charge on any atom is 0.422 e. The van der Waals surface area contributed by atoms with Crippen molar-refractivity contribution in [2.45, 2.75) is 6.18 Å². The van der Waals surface area contributed by atoms with E-state index in [1.165, 1.54) is 31.5 Å². The van der Waals surface area contributed by atoms with Gasteiger partial charge < -0.3 is 9.47 Å². The van der Waals surface area contributed by atoms with Crippen LogP contribution in [0, 0.1) is 0 Å². The average Bonchev–Trinajstić information content (AvgIpc) is 2.51. The molecular weight excluding hydrogens is 363 g/mol. The Morgan fingerprint density at radius 3 is 2.56 bits per heavy atom. The van der Waals surface area contributed by atoms with Gasteiger partial charge in [-0.25, -0.2) is 18.4 Å². The van der Waals surface area contributed by atoms with Gasteiger partial charge in [-0.3, -0.25) is 4.72 Å². The van der Waals surface area contributed by atoms with E-state index in [4.69, 9.17) is 9.47 Å². The van der Waals surface area contributed by atoms with E-state index in [1.54, 1.807) is 0 Å². The first-order valence-corrected chi connectivity index (χ1v) is 8.64. The molecule has 0 aliphatic carbocycles. The van der Waals surface area contributed by atoms with Crippen LogP contribution in [-0.2, 0) is 10.0 Å². The fraction of sp³-hybridized carbons (Fsp3) is 0.286. The second kappa shape index (κ2) is 7.13. The molecule has 0 aliphatic heterocycles. The second-order valence-corrected chi connectivity index (χ2v) is 6.68. The third kappa shape index (κ3) is 5.48. The largest absolute Gasteiger partial charge is 0.496 e. The van der Waals surface area contributed by atoms with Crippen LogP contribution in [0.5, 0.6) is 11.6 Å². The van der Waals surface area contributed by atoms with Crippen LogP contribution in [0.4, 0.5) is 18.9 Å². The maximum absolute atomic E-state index is 12.4. The van der Waals surface area contributed by atoms with E-state index in [0.717, 1.165) is 12.6 Å². The van der Waals surface area contributed by atoms with Crippen molar-refractivity contribution in [2.75, 3.05) is 24.7 Å². The minimum atomic E-state index is -4.52. The number of aromatic nitrogens is 2. The van der Waals surface area contributed by atoms with Crippen molar-refractivity contribution in [3.05, 3.63) is 30.7 Å². The number of sulfonamides is 1. The molecule has 11 heteroatoms. The number of methoxy groups -OCH3 is 1. The van der Waals surface area contributed by atoms with Gasteiger partial charge in [0.15, 0.2) is 6.61 Å². The Morgan fingerprint density at radius 1 is 1.24 bits per heavy atom. The number of ether oxygens (including phenoxy) is 2. The highest BCUT2D eigenvalue weighted by Gasteiger charge is 2.29. The molecule has 1 N–H and O–H groups in total. The van der Waals surface area contributed by atoms with Gasteiger partial charge in [0.05, 0.1) is 24.6 Å². The van der Waals surface area contributed by atoms with Crippen molar-refractivity contribution in [1.29, 1.82) is 0 Å². The van der Waals surface area contributed by atoms with Crippen LogP contribution < -0.4 is 14.2 Å². The summed E-state index contributed by atoms with van der Waals surface area (Å²) in [6.45, 7) is -1.51. The Kier molecular flexibility index (Phi) is 5.36. The highest BCUT2D eigenvalue weighted by Crippen LogP contribution is 2.36. The van der Waals surface area contributed by atoms with Crippen LogP contribution in [0.15, 0.2) is 30.7 Å². The van der Waals surface area contributed by atoms with Crippen molar-refractivity contribution in [2.24, 2.45) is 0 Å². The Morgan fingerprint density at radius 2 is 1.96 bits per heavy atom. The van der Waals surface area contributed by atoms with Gasteiger partial charge in [0.1, 0.15) is 12.1 Å². The predicted octanol–water partition coefficient (Wildman–Crippen LogP) is 2.46. The van der Waals surface area contributed by atoms with Crippen LogP contribution in [0.1, 0.15) is 0 Å². The summed E-state index contributed by atoms with van der Waals surface area (Å²) >= 11 is 0. The van der Waals surface area contributed by atoms with Crippen LogP contribution in [0.25, 0.3) is 11.1 Å². The summed E-state index contributed by atoms with van der Waals surface area (Å²) in [5.41, 5.74) is 0.756. The Balaban J connectivity index is 2.41. The highest BCUT2D eigenvalue weighted by molar-refractivity contribution is 7.92. The Hall–Kier alpha value is -2.56. The molecule has 1 heterocycles. The summed E-state index contributed by atoms with van der Waals surface area (Å²) in [6, 6.07) is 4.28. The van der Waals surface area contributed by atoms with Gasteiger partial charge in [-0.15, -0.1) is 0 Å². The van der Waals surface area contributed by atoms with Gasteiger partial charge in [-0.2, -0.15) is 13.2 Å². The second-order valence-electron chi connectivity index (χ2n) is 4.93. The number of rotatable bonds is 6. The molecule has 1 aromatic heterocycles. The third-order valence-electron chi connectivity index (χ3n) is 2.84. The first-order chi connectivity index (χ1) is 11.6. The van der Waals surface area contributed by atoms with E-state index in [1.807, 2.05) is 0 Å². The van der Waals surface area contributed by atoms with E-state index in [9.17, 15) is 21.6 Å². The van der Waals surface area contributed by atoms with Gasteiger partial charge in [-0.1, -0.05) is 0 Å². The summed E-state index contributed by atoms with van der Waals surface area (Å²) in [5, 5.41) is 0. The van der Waals surface area contributed by atoms with Crippen molar-refractivity contribution in [1.82, 2.24) is 9.97 Å². The number of hydrogen-bond acceptors (Lipinski definition) is 6. The number of anilines is 1. The molecule has 0 bridgehead atoms. The maximum atomic E-state index is 12.4. The first kappa shape index (κ1) is 18.8. The fourth-order valence-corrected chi connectivity index (χ4v) is 2.51. The number of nitrogens with zero attached hydrogens (tertiary/aromatic N) is 2. The SMILES string of the molecule is COc1cc(NS(C)(=O)=O)ccc1-c1cncnc1OCC(F)(F)F. The lowest BCUT2D eigenvalue weighted by Crippen LogP contribution is -2.20. The summed E-state index contributed by atoms with van der Waals surface area (Å²) < 4.78 is 71.9. The van der Waals surface area contributed by atoms with Crippen LogP contribution in [-0.4, -0.2) is 44.5 Å². The zero-order valence-corrected chi connectivity index (χ0v) is 14.0. The molecule has 0 atom stereocenters. The lowest BCUT2D eigenvalue weighted by Gasteiger charge is -2.14. The molecule has 1 aromatic carbocycles. The molecule has 0 radical (unpaired) electrons. The lowest BCUT2D eigenvalue weighted by atomic mass is 10.1. The number of halogens is 3. The molecule has 0 amide bonds. The van der Waals surface area contributed by atoms with Gasteiger partial charge in [0.2, 0.25) is 15.9 Å². The van der Waals surface area contributed by atoms with Gasteiger partial charge in [0.25, 0.3) is 0 Å². The summed E-state index contributed by atoms with van der Waals surface area (Å²) in [5.74, 6) is -0.0604. The molecule has 0 aliphatic rings. The minimum Gasteiger partial charge on any atom is -0.496 e. The normalized spacial score (nSPS) is 11.9.